The van der Waals surface area contributed by atoms with Crippen molar-refractivity contribution in [3.05, 3.63) is 227 Å². The first-order valence-corrected chi connectivity index (χ1v) is 26.1. The Balaban J connectivity index is 1.17. The fourth-order valence-electron chi connectivity index (χ4n) is 11.0. The molecule has 370 valence electrons. The van der Waals surface area contributed by atoms with Gasteiger partial charge < -0.3 is 14.5 Å². The summed E-state index contributed by atoms with van der Waals surface area (Å²) in [6.07, 6.45) is 1.95. The van der Waals surface area contributed by atoms with Crippen LogP contribution >= 0.6 is 0 Å². The van der Waals surface area contributed by atoms with Crippen molar-refractivity contribution < 1.29 is 4.74 Å². The topological polar surface area (TPSA) is 33.5 Å². The third-order valence-electron chi connectivity index (χ3n) is 15.2. The van der Waals surface area contributed by atoms with Gasteiger partial charge in [0, 0.05) is 51.3 Å². The van der Waals surface area contributed by atoms with Gasteiger partial charge in [0.25, 0.3) is 0 Å². The third kappa shape index (κ3) is 9.24. The van der Waals surface area contributed by atoms with Gasteiger partial charge in [-0.3, -0.25) is 4.57 Å². The van der Waals surface area contributed by atoms with Gasteiger partial charge in [0.2, 0.25) is 0 Å². The van der Waals surface area contributed by atoms with Crippen molar-refractivity contribution in [3.63, 3.8) is 0 Å². The molecule has 10 rings (SSSR count). The molecule has 5 nitrogen and oxygen atoms in total. The summed E-state index contributed by atoms with van der Waals surface area (Å²) in [5.41, 5.74) is 14.4. The first-order valence-electron chi connectivity index (χ1n) is 26.1. The van der Waals surface area contributed by atoms with Crippen LogP contribution in [0.25, 0.3) is 38.8 Å². The molecular weight excluding hydrogens is 889 g/mol. The number of rotatable bonds is 10. The Morgan fingerprint density at radius 1 is 0.411 bits per heavy atom. The molecule has 1 aliphatic rings. The summed E-state index contributed by atoms with van der Waals surface area (Å²) in [6.45, 7) is 30.8. The van der Waals surface area contributed by atoms with Crippen molar-refractivity contribution in [3.8, 4) is 28.4 Å². The highest BCUT2D eigenvalue weighted by atomic mass is 16.5. The number of benzene rings is 7. The van der Waals surface area contributed by atoms with Crippen LogP contribution in [0.3, 0.4) is 0 Å². The molecule has 0 fully saturated rings. The van der Waals surface area contributed by atoms with Crippen molar-refractivity contribution in [1.29, 1.82) is 0 Å². The molecule has 0 spiro atoms. The smallest absolute Gasteiger partial charge is 0.137 e. The number of aromatic nitrogens is 2. The number of nitrogens with zero attached hydrogens (tertiary/aromatic N) is 4. The van der Waals surface area contributed by atoms with E-state index >= 15 is 0 Å². The van der Waals surface area contributed by atoms with Gasteiger partial charge in [0.15, 0.2) is 0 Å². The Labute approximate surface area is 434 Å². The standard InChI is InChI=1S/C68H72N4O/c1-64(2,3)50-36-37-69-60(41-50)72-58-35-24-23-34-56(58)61-57(66(7,8)9)43-55(44-59(61)72)73-54-33-25-32-52(42-54)70-45-71(53-39-47(46-26-17-14-18-27-46)38-51(40-53)65(4,5)6)63(68(12,13)49-30-21-16-22-31-49)62(70)67(10,11)48-28-19-15-20-29-48/h14-44H,45H2,1-13H3. The monoisotopic (exact) mass is 961 g/mol. The van der Waals surface area contributed by atoms with Crippen molar-refractivity contribution in [2.24, 2.45) is 0 Å². The molecule has 7 aromatic carbocycles. The quantitative estimate of drug-likeness (QED) is 0.137. The predicted octanol–water partition coefficient (Wildman–Crippen LogP) is 18.0. The number of pyridine rings is 1. The minimum Gasteiger partial charge on any atom is -0.457 e. The number of para-hydroxylation sites is 1. The molecule has 0 unspecified atom stereocenters. The summed E-state index contributed by atoms with van der Waals surface area (Å²) in [5, 5.41) is 2.43. The summed E-state index contributed by atoms with van der Waals surface area (Å²) in [7, 11) is 0. The maximum absolute atomic E-state index is 7.20. The van der Waals surface area contributed by atoms with Gasteiger partial charge in [-0.25, -0.2) is 4.98 Å². The van der Waals surface area contributed by atoms with E-state index in [1.165, 1.54) is 66.8 Å². The van der Waals surface area contributed by atoms with Crippen LogP contribution in [0.5, 0.6) is 11.5 Å². The van der Waals surface area contributed by atoms with Gasteiger partial charge in [-0.1, -0.05) is 211 Å². The first kappa shape index (κ1) is 49.2. The maximum Gasteiger partial charge on any atom is 0.137 e. The second-order valence-electron chi connectivity index (χ2n) is 24.3. The second-order valence-corrected chi connectivity index (χ2v) is 24.3. The Morgan fingerprint density at radius 3 is 1.59 bits per heavy atom. The Bertz CT molecular complexity index is 3510. The second kappa shape index (κ2) is 18.3. The molecule has 0 aliphatic carbocycles. The number of hydrogen-bond donors (Lipinski definition) is 0. The molecule has 0 amide bonds. The lowest BCUT2D eigenvalue weighted by Crippen LogP contribution is -2.34. The van der Waals surface area contributed by atoms with Crippen molar-refractivity contribution in [2.75, 3.05) is 16.5 Å². The maximum atomic E-state index is 7.20. The molecule has 3 heterocycles. The fourth-order valence-corrected chi connectivity index (χ4v) is 11.0. The first-order chi connectivity index (χ1) is 34.6. The van der Waals surface area contributed by atoms with Gasteiger partial charge >= 0.3 is 0 Å². The van der Waals surface area contributed by atoms with Gasteiger partial charge in [0.05, 0.1) is 29.1 Å². The molecule has 0 bridgehead atoms. The molecule has 0 radical (unpaired) electrons. The van der Waals surface area contributed by atoms with Crippen LogP contribution in [0.4, 0.5) is 11.4 Å². The largest absolute Gasteiger partial charge is 0.457 e. The van der Waals surface area contributed by atoms with Crippen LogP contribution in [-0.2, 0) is 27.1 Å². The van der Waals surface area contributed by atoms with Gasteiger partial charge in [-0.05, 0) is 104 Å². The summed E-state index contributed by atoms with van der Waals surface area (Å²) in [4.78, 5) is 10.2. The van der Waals surface area contributed by atoms with Crippen molar-refractivity contribution >= 4 is 33.2 Å². The van der Waals surface area contributed by atoms with Crippen LogP contribution < -0.4 is 14.5 Å². The van der Waals surface area contributed by atoms with E-state index in [1.54, 1.807) is 0 Å². The van der Waals surface area contributed by atoms with Crippen LogP contribution in [-0.4, -0.2) is 16.2 Å². The highest BCUT2D eigenvalue weighted by molar-refractivity contribution is 6.11. The van der Waals surface area contributed by atoms with Crippen LogP contribution in [0.1, 0.15) is 118 Å². The van der Waals surface area contributed by atoms with Gasteiger partial charge in [-0.15, -0.1) is 0 Å². The molecule has 5 heteroatoms. The molecule has 73 heavy (non-hydrogen) atoms. The minimum absolute atomic E-state index is 0.0380. The molecule has 9 aromatic rings. The van der Waals surface area contributed by atoms with E-state index < -0.39 is 10.8 Å². The zero-order valence-electron chi connectivity index (χ0n) is 45.3. The molecule has 0 saturated carbocycles. The van der Waals surface area contributed by atoms with Crippen LogP contribution in [0.2, 0.25) is 0 Å². The SMILES string of the molecule is CC(C)(C)c1cc(-c2ccccc2)cc(N2CN(c3cccc(Oc4cc(C(C)(C)C)c5c6ccccc6n(-c6cc(C(C)(C)C)ccn6)c5c4)c3)C(C(C)(C)c3ccccc3)=C2C(C)(C)c2ccccc2)c1. The number of ether oxygens (including phenoxy) is 1. The number of fused-ring (bicyclic) bond motifs is 3. The summed E-state index contributed by atoms with van der Waals surface area (Å²) in [6, 6.07) is 66.5. The van der Waals surface area contributed by atoms with Crippen LogP contribution in [0.15, 0.2) is 200 Å². The number of hydrogen-bond acceptors (Lipinski definition) is 4. The zero-order chi connectivity index (χ0) is 51.7. The van der Waals surface area contributed by atoms with E-state index in [0.29, 0.717) is 6.67 Å². The number of allylic oxidation sites excluding steroid dienone is 2. The Morgan fingerprint density at radius 2 is 0.986 bits per heavy atom. The van der Waals surface area contributed by atoms with Crippen LogP contribution in [0, 0.1) is 0 Å². The third-order valence-corrected chi connectivity index (χ3v) is 15.2. The van der Waals surface area contributed by atoms with E-state index in [0.717, 1.165) is 34.0 Å². The van der Waals surface area contributed by atoms with Gasteiger partial charge in [0.1, 0.15) is 17.3 Å². The molecule has 0 saturated heterocycles. The molecular formula is C68H72N4O. The normalized spacial score (nSPS) is 13.9. The lowest BCUT2D eigenvalue weighted by atomic mass is 9.73. The summed E-state index contributed by atoms with van der Waals surface area (Å²) < 4.78 is 9.52. The average molecular weight is 961 g/mol. The van der Waals surface area contributed by atoms with E-state index in [1.807, 2.05) is 6.20 Å². The lowest BCUT2D eigenvalue weighted by molar-refractivity contribution is 0.479. The molecule has 1 aliphatic heterocycles. The Hall–Kier alpha value is -7.37. The lowest BCUT2D eigenvalue weighted by Gasteiger charge is -2.38. The molecule has 2 aromatic heterocycles. The fraction of sp³-hybridized carbons (Fsp3) is 0.279. The highest BCUT2D eigenvalue weighted by Crippen LogP contribution is 2.51. The van der Waals surface area contributed by atoms with E-state index in [-0.39, 0.29) is 16.2 Å². The molecule has 0 atom stereocenters. The highest BCUT2D eigenvalue weighted by Gasteiger charge is 2.46. The predicted molar refractivity (Wildman–Crippen MR) is 309 cm³/mol. The van der Waals surface area contributed by atoms with Crippen molar-refractivity contribution in [1.82, 2.24) is 9.55 Å². The van der Waals surface area contributed by atoms with Crippen molar-refractivity contribution in [2.45, 2.75) is 117 Å². The summed E-state index contributed by atoms with van der Waals surface area (Å²) >= 11 is 0. The minimum atomic E-state index is -0.434. The zero-order valence-corrected chi connectivity index (χ0v) is 45.3. The van der Waals surface area contributed by atoms with E-state index in [9.17, 15) is 0 Å². The Kier molecular flexibility index (Phi) is 12.3. The van der Waals surface area contributed by atoms with E-state index in [2.05, 4.69) is 286 Å². The van der Waals surface area contributed by atoms with Gasteiger partial charge in [-0.2, -0.15) is 0 Å². The number of anilines is 2. The summed E-state index contributed by atoms with van der Waals surface area (Å²) in [5.74, 6) is 2.45. The average Bonchev–Trinajstić information content (AvgIpc) is 3.95. The molecule has 0 N–H and O–H groups in total. The van der Waals surface area contributed by atoms with E-state index in [4.69, 9.17) is 9.72 Å².